The molecule has 1 aromatic carbocycles. The first-order chi connectivity index (χ1) is 11.4. The summed E-state index contributed by atoms with van der Waals surface area (Å²) in [5.74, 6) is 0. The summed E-state index contributed by atoms with van der Waals surface area (Å²) in [5, 5.41) is 0.870. The topological polar surface area (TPSA) is 54.4 Å². The van der Waals surface area contributed by atoms with Gasteiger partial charge in [0.1, 0.15) is 0 Å². The maximum absolute atomic E-state index is 10.7. The summed E-state index contributed by atoms with van der Waals surface area (Å²) in [4.78, 5) is 0. The SMILES string of the molecule is CCC(C)(C)c1cc(CCCC=CS(=O)(=O)O)cc(C(C)(C)CC)c1. The van der Waals surface area contributed by atoms with Gasteiger partial charge in [-0.3, -0.25) is 4.55 Å². The second-order valence-corrected chi connectivity index (χ2v) is 9.47. The first-order valence-electron chi connectivity index (χ1n) is 9.20. The van der Waals surface area contributed by atoms with E-state index in [-0.39, 0.29) is 10.8 Å². The summed E-state index contributed by atoms with van der Waals surface area (Å²) < 4.78 is 30.1. The van der Waals surface area contributed by atoms with Crippen molar-refractivity contribution in [2.45, 2.75) is 84.5 Å². The maximum atomic E-state index is 10.7. The average molecular weight is 367 g/mol. The van der Waals surface area contributed by atoms with E-state index in [0.29, 0.717) is 6.42 Å². The number of benzene rings is 1. The van der Waals surface area contributed by atoms with Gasteiger partial charge in [-0.05, 0) is 59.6 Å². The van der Waals surface area contributed by atoms with Crippen LogP contribution in [0.2, 0.25) is 0 Å². The fourth-order valence-corrected chi connectivity index (χ4v) is 3.02. The molecule has 0 spiro atoms. The van der Waals surface area contributed by atoms with Crippen LogP contribution < -0.4 is 0 Å². The van der Waals surface area contributed by atoms with Crippen molar-refractivity contribution in [1.82, 2.24) is 0 Å². The van der Waals surface area contributed by atoms with Gasteiger partial charge in [-0.1, -0.05) is 65.8 Å². The van der Waals surface area contributed by atoms with E-state index < -0.39 is 10.1 Å². The molecule has 142 valence electrons. The summed E-state index contributed by atoms with van der Waals surface area (Å²) in [6.07, 6.45) is 6.07. The summed E-state index contributed by atoms with van der Waals surface area (Å²) in [6, 6.07) is 6.95. The molecular formula is C21H34O3S. The van der Waals surface area contributed by atoms with Crippen LogP contribution >= 0.6 is 0 Å². The van der Waals surface area contributed by atoms with E-state index in [0.717, 1.165) is 31.1 Å². The molecule has 0 bridgehead atoms. The van der Waals surface area contributed by atoms with E-state index in [9.17, 15) is 8.42 Å². The number of rotatable bonds is 9. The van der Waals surface area contributed by atoms with Crippen LogP contribution in [0.5, 0.6) is 0 Å². The second kappa shape index (κ2) is 8.50. The van der Waals surface area contributed by atoms with Gasteiger partial charge in [0.15, 0.2) is 0 Å². The summed E-state index contributed by atoms with van der Waals surface area (Å²) in [6.45, 7) is 13.6. The Morgan fingerprint density at radius 3 is 1.84 bits per heavy atom. The Morgan fingerprint density at radius 2 is 1.44 bits per heavy atom. The Morgan fingerprint density at radius 1 is 0.960 bits per heavy atom. The molecular weight excluding hydrogens is 332 g/mol. The number of hydrogen-bond acceptors (Lipinski definition) is 2. The van der Waals surface area contributed by atoms with Crippen LogP contribution in [0, 0.1) is 0 Å². The third-order valence-corrected chi connectivity index (χ3v) is 5.96. The molecule has 0 aliphatic rings. The molecule has 0 aliphatic heterocycles. The first-order valence-corrected chi connectivity index (χ1v) is 10.7. The van der Waals surface area contributed by atoms with Crippen molar-refractivity contribution in [3.8, 4) is 0 Å². The summed E-state index contributed by atoms with van der Waals surface area (Å²) in [5.41, 5.74) is 4.32. The third-order valence-electron chi connectivity index (χ3n) is 5.43. The van der Waals surface area contributed by atoms with Crippen LogP contribution in [0.3, 0.4) is 0 Å². The lowest BCUT2D eigenvalue weighted by Crippen LogP contribution is -2.20. The number of aryl methyl sites for hydroxylation is 1. The minimum absolute atomic E-state index is 0.138. The van der Waals surface area contributed by atoms with Gasteiger partial charge >= 0.3 is 0 Å². The molecule has 0 saturated carbocycles. The van der Waals surface area contributed by atoms with Crippen molar-refractivity contribution in [1.29, 1.82) is 0 Å². The predicted molar refractivity (Wildman–Crippen MR) is 107 cm³/mol. The van der Waals surface area contributed by atoms with Crippen LogP contribution in [0.4, 0.5) is 0 Å². The highest BCUT2D eigenvalue weighted by Gasteiger charge is 2.24. The summed E-state index contributed by atoms with van der Waals surface area (Å²) in [7, 11) is -4.01. The molecule has 1 N–H and O–H groups in total. The standard InChI is InChI=1S/C21H34O3S/c1-7-20(3,4)18-14-17(12-10-9-11-13-25(22,23)24)15-19(16-18)21(5,6)8-2/h11,13-16H,7-10,12H2,1-6H3,(H,22,23,24). The van der Waals surface area contributed by atoms with Crippen molar-refractivity contribution in [3.63, 3.8) is 0 Å². The molecule has 0 saturated heterocycles. The van der Waals surface area contributed by atoms with Gasteiger partial charge in [0.05, 0.1) is 5.41 Å². The zero-order chi connectivity index (χ0) is 19.3. The van der Waals surface area contributed by atoms with Crippen LogP contribution in [-0.2, 0) is 27.4 Å². The summed E-state index contributed by atoms with van der Waals surface area (Å²) >= 11 is 0. The molecule has 0 radical (unpaired) electrons. The Labute approximate surface area is 154 Å². The molecule has 0 aliphatic carbocycles. The van der Waals surface area contributed by atoms with Gasteiger partial charge in [0.25, 0.3) is 10.1 Å². The Bertz CT molecular complexity index is 664. The van der Waals surface area contributed by atoms with E-state index in [1.54, 1.807) is 0 Å². The second-order valence-electron chi connectivity index (χ2n) is 8.17. The highest BCUT2D eigenvalue weighted by molar-refractivity contribution is 7.88. The lowest BCUT2D eigenvalue weighted by molar-refractivity contribution is 0.487. The normalized spacial score (nSPS) is 13.6. The lowest BCUT2D eigenvalue weighted by atomic mass is 9.75. The maximum Gasteiger partial charge on any atom is 0.287 e. The Balaban J connectivity index is 3.04. The van der Waals surface area contributed by atoms with Crippen LogP contribution in [0.25, 0.3) is 0 Å². The highest BCUT2D eigenvalue weighted by atomic mass is 32.2. The number of allylic oxidation sites excluding steroid dienone is 1. The molecule has 4 heteroatoms. The van der Waals surface area contributed by atoms with Crippen molar-refractivity contribution in [2.24, 2.45) is 0 Å². The Kier molecular flexibility index (Phi) is 7.45. The fraction of sp³-hybridized carbons (Fsp3) is 0.619. The molecule has 0 fully saturated rings. The first kappa shape index (κ1) is 21.9. The van der Waals surface area contributed by atoms with Gasteiger partial charge in [-0.2, -0.15) is 8.42 Å². The monoisotopic (exact) mass is 366 g/mol. The average Bonchev–Trinajstić information content (AvgIpc) is 2.53. The van der Waals surface area contributed by atoms with Crippen LogP contribution in [0.15, 0.2) is 29.7 Å². The predicted octanol–water partition coefficient (Wildman–Crippen LogP) is 5.79. The molecule has 0 unspecified atom stereocenters. The molecule has 0 atom stereocenters. The van der Waals surface area contributed by atoms with Gasteiger partial charge in [0, 0.05) is 0 Å². The van der Waals surface area contributed by atoms with E-state index in [2.05, 4.69) is 59.7 Å². The Hall–Kier alpha value is -1.13. The molecule has 0 aromatic heterocycles. The van der Waals surface area contributed by atoms with Crippen molar-refractivity contribution in [3.05, 3.63) is 46.4 Å². The molecule has 0 amide bonds. The van der Waals surface area contributed by atoms with Crippen molar-refractivity contribution < 1.29 is 13.0 Å². The van der Waals surface area contributed by atoms with Gasteiger partial charge in [0.2, 0.25) is 0 Å². The van der Waals surface area contributed by atoms with E-state index in [1.165, 1.54) is 22.8 Å². The molecule has 1 aromatic rings. The highest BCUT2D eigenvalue weighted by Crippen LogP contribution is 2.34. The van der Waals surface area contributed by atoms with Crippen LogP contribution in [0.1, 0.15) is 83.9 Å². The number of hydrogen-bond donors (Lipinski definition) is 1. The van der Waals surface area contributed by atoms with Crippen molar-refractivity contribution in [2.75, 3.05) is 0 Å². The van der Waals surface area contributed by atoms with Gasteiger partial charge in [-0.25, -0.2) is 0 Å². The van der Waals surface area contributed by atoms with E-state index in [4.69, 9.17) is 4.55 Å². The fourth-order valence-electron chi connectivity index (χ4n) is 2.64. The molecule has 1 rings (SSSR count). The minimum atomic E-state index is -4.01. The molecule has 3 nitrogen and oxygen atoms in total. The third kappa shape index (κ3) is 6.95. The largest absolute Gasteiger partial charge is 0.287 e. The number of unbranched alkanes of at least 4 members (excludes halogenated alkanes) is 1. The van der Waals surface area contributed by atoms with Gasteiger partial charge < -0.3 is 0 Å². The quantitative estimate of drug-likeness (QED) is 0.445. The molecule has 0 heterocycles. The van der Waals surface area contributed by atoms with Crippen molar-refractivity contribution >= 4 is 10.1 Å². The van der Waals surface area contributed by atoms with E-state index >= 15 is 0 Å². The molecule has 25 heavy (non-hydrogen) atoms. The minimum Gasteiger partial charge on any atom is -0.282 e. The lowest BCUT2D eigenvalue weighted by Gasteiger charge is -2.29. The zero-order valence-electron chi connectivity index (χ0n) is 16.6. The smallest absolute Gasteiger partial charge is 0.282 e. The zero-order valence-corrected chi connectivity index (χ0v) is 17.4. The van der Waals surface area contributed by atoms with E-state index in [1.807, 2.05) is 0 Å². The van der Waals surface area contributed by atoms with Gasteiger partial charge in [-0.15, -0.1) is 0 Å². The van der Waals surface area contributed by atoms with Crippen LogP contribution in [-0.4, -0.2) is 13.0 Å².